The van der Waals surface area contributed by atoms with E-state index < -0.39 is 21.0 Å². The van der Waals surface area contributed by atoms with Crippen molar-refractivity contribution in [1.82, 2.24) is 4.90 Å². The van der Waals surface area contributed by atoms with Crippen LogP contribution in [0.5, 0.6) is 0 Å². The Balaban J connectivity index is 0.00000363. The van der Waals surface area contributed by atoms with Gasteiger partial charge in [0.1, 0.15) is 5.00 Å². The molecule has 2 amide bonds. The van der Waals surface area contributed by atoms with Crippen molar-refractivity contribution < 1.29 is 18.0 Å². The highest BCUT2D eigenvalue weighted by Gasteiger charge is 2.28. The third-order valence-electron chi connectivity index (χ3n) is 5.55. The van der Waals surface area contributed by atoms with Gasteiger partial charge < -0.3 is 11.1 Å². The average molecular weight is 500 g/mol. The second-order valence-electron chi connectivity index (χ2n) is 8.35. The number of sulfone groups is 1. The van der Waals surface area contributed by atoms with Crippen molar-refractivity contribution in [3.05, 3.63) is 45.8 Å². The van der Waals surface area contributed by atoms with Crippen molar-refractivity contribution in [3.8, 4) is 0 Å². The number of hydrogen-bond donors (Lipinski definition) is 2. The van der Waals surface area contributed by atoms with Gasteiger partial charge in [-0.05, 0) is 57.4 Å². The molecule has 1 aromatic carbocycles. The Morgan fingerprint density at radius 3 is 2.31 bits per heavy atom. The van der Waals surface area contributed by atoms with E-state index in [1.54, 1.807) is 26.0 Å². The molecular weight excluding hydrogens is 470 g/mol. The molecule has 0 spiro atoms. The van der Waals surface area contributed by atoms with E-state index in [2.05, 4.69) is 24.1 Å². The Morgan fingerprint density at radius 1 is 1.16 bits per heavy atom. The molecule has 0 bridgehead atoms. The second-order valence-corrected chi connectivity index (χ2v) is 12.0. The maximum Gasteiger partial charge on any atom is 0.251 e. The summed E-state index contributed by atoms with van der Waals surface area (Å²) in [7, 11) is -3.35. The van der Waals surface area contributed by atoms with Crippen molar-refractivity contribution in [2.45, 2.75) is 63.3 Å². The number of nitrogens with one attached hydrogen (secondary N) is 1. The molecule has 1 aromatic heterocycles. The minimum Gasteiger partial charge on any atom is -0.365 e. The number of rotatable bonds is 7. The van der Waals surface area contributed by atoms with Gasteiger partial charge in [-0.1, -0.05) is 12.1 Å². The molecule has 0 saturated heterocycles. The number of benzene rings is 1. The van der Waals surface area contributed by atoms with Gasteiger partial charge in [-0.15, -0.1) is 23.7 Å². The van der Waals surface area contributed by atoms with E-state index in [4.69, 9.17) is 5.73 Å². The molecule has 1 aliphatic rings. The zero-order chi connectivity index (χ0) is 22.9. The third kappa shape index (κ3) is 5.51. The summed E-state index contributed by atoms with van der Waals surface area (Å²) in [6.07, 6.45) is 0.796. The molecule has 0 unspecified atom stereocenters. The van der Waals surface area contributed by atoms with Crippen LogP contribution in [-0.4, -0.2) is 43.0 Å². The van der Waals surface area contributed by atoms with Crippen LogP contribution >= 0.6 is 23.7 Å². The quantitative estimate of drug-likeness (QED) is 0.606. The van der Waals surface area contributed by atoms with Crippen molar-refractivity contribution in [3.63, 3.8) is 0 Å². The fourth-order valence-electron chi connectivity index (χ4n) is 3.64. The van der Waals surface area contributed by atoms with Gasteiger partial charge >= 0.3 is 0 Å². The van der Waals surface area contributed by atoms with Crippen LogP contribution < -0.4 is 11.1 Å². The molecule has 0 radical (unpaired) electrons. The maximum absolute atomic E-state index is 12.6. The van der Waals surface area contributed by atoms with E-state index in [0.29, 0.717) is 22.2 Å². The predicted molar refractivity (Wildman–Crippen MR) is 130 cm³/mol. The Bertz CT molecular complexity index is 1090. The zero-order valence-corrected chi connectivity index (χ0v) is 21.1. The van der Waals surface area contributed by atoms with Crippen LogP contribution in [0.3, 0.4) is 0 Å². The number of anilines is 1. The molecule has 2 aromatic rings. The second kappa shape index (κ2) is 10.3. The number of thiophene rings is 1. The number of amides is 2. The summed E-state index contributed by atoms with van der Waals surface area (Å²) < 4.78 is 24.5. The molecule has 32 heavy (non-hydrogen) atoms. The lowest BCUT2D eigenvalue weighted by atomic mass is 10.0. The summed E-state index contributed by atoms with van der Waals surface area (Å²) >= 11 is 1.41. The van der Waals surface area contributed by atoms with E-state index in [-0.39, 0.29) is 29.6 Å². The minimum absolute atomic E-state index is 0. The number of carbonyl (C=O) groups is 2. The molecule has 176 valence electrons. The average Bonchev–Trinajstić information content (AvgIpc) is 3.05. The molecule has 0 atom stereocenters. The molecular formula is C22H30ClN3O4S2. The van der Waals surface area contributed by atoms with Gasteiger partial charge in [0.25, 0.3) is 5.91 Å². The lowest BCUT2D eigenvalue weighted by Crippen LogP contribution is -2.35. The van der Waals surface area contributed by atoms with E-state index >= 15 is 0 Å². The minimum atomic E-state index is -3.35. The van der Waals surface area contributed by atoms with E-state index in [9.17, 15) is 18.0 Å². The number of hydrogen-bond acceptors (Lipinski definition) is 6. The van der Waals surface area contributed by atoms with Crippen LogP contribution in [0.2, 0.25) is 0 Å². The van der Waals surface area contributed by atoms with E-state index in [0.717, 1.165) is 30.0 Å². The Hall–Kier alpha value is -1.94. The van der Waals surface area contributed by atoms with Gasteiger partial charge in [0.05, 0.1) is 22.1 Å². The number of primary amides is 1. The summed E-state index contributed by atoms with van der Waals surface area (Å²) in [6, 6.07) is 6.73. The Morgan fingerprint density at radius 2 is 1.78 bits per heavy atom. The number of nitrogens with zero attached hydrogens (tertiary/aromatic N) is 1. The Kier molecular flexibility index (Phi) is 8.50. The Labute approximate surface area is 199 Å². The standard InChI is InChI=1S/C22H29N3O4S2.ClH/c1-13(2)25-10-9-17-18(12-25)30-22(20(17)21(23)27)24-19(26)11-15-5-7-16(8-6-15)31(28,29)14(3)4;/h5-8,13-14H,9-12H2,1-4H3,(H2,23,27)(H,24,26);1H. The lowest BCUT2D eigenvalue weighted by Gasteiger charge is -2.30. The van der Waals surface area contributed by atoms with Crippen LogP contribution in [0.4, 0.5) is 5.00 Å². The summed E-state index contributed by atoms with van der Waals surface area (Å²) in [4.78, 5) is 28.4. The molecule has 0 saturated carbocycles. The molecule has 7 nitrogen and oxygen atoms in total. The normalized spacial score (nSPS) is 14.2. The van der Waals surface area contributed by atoms with Gasteiger partial charge in [-0.25, -0.2) is 8.42 Å². The summed E-state index contributed by atoms with van der Waals surface area (Å²) in [5.41, 5.74) is 7.67. The highest BCUT2D eigenvalue weighted by Crippen LogP contribution is 2.37. The molecule has 0 fully saturated rings. The maximum atomic E-state index is 12.6. The van der Waals surface area contributed by atoms with Crippen LogP contribution in [0.1, 0.15) is 54.1 Å². The molecule has 2 heterocycles. The van der Waals surface area contributed by atoms with Crippen molar-refractivity contribution >= 4 is 50.4 Å². The van der Waals surface area contributed by atoms with E-state index in [1.807, 2.05) is 0 Å². The predicted octanol–water partition coefficient (Wildman–Crippen LogP) is 3.40. The van der Waals surface area contributed by atoms with Crippen molar-refractivity contribution in [2.75, 3.05) is 11.9 Å². The zero-order valence-electron chi connectivity index (χ0n) is 18.7. The summed E-state index contributed by atoms with van der Waals surface area (Å²) in [5, 5.41) is 2.83. The molecule has 0 aliphatic carbocycles. The van der Waals surface area contributed by atoms with Crippen molar-refractivity contribution in [2.24, 2.45) is 5.73 Å². The first-order valence-corrected chi connectivity index (χ1v) is 12.7. The molecule has 10 heteroatoms. The van der Waals surface area contributed by atoms with Crippen LogP contribution in [0, 0.1) is 0 Å². The van der Waals surface area contributed by atoms with Gasteiger partial charge in [0.2, 0.25) is 5.91 Å². The summed E-state index contributed by atoms with van der Waals surface area (Å²) in [6.45, 7) is 9.12. The number of carbonyl (C=O) groups excluding carboxylic acids is 2. The smallest absolute Gasteiger partial charge is 0.251 e. The van der Waals surface area contributed by atoms with Gasteiger partial charge in [0.15, 0.2) is 9.84 Å². The first-order valence-electron chi connectivity index (χ1n) is 10.3. The first-order chi connectivity index (χ1) is 14.5. The van der Waals surface area contributed by atoms with Gasteiger partial charge in [-0.3, -0.25) is 14.5 Å². The number of fused-ring (bicyclic) bond motifs is 1. The van der Waals surface area contributed by atoms with Crippen LogP contribution in [0.15, 0.2) is 29.2 Å². The number of nitrogens with two attached hydrogens (primary N) is 1. The largest absolute Gasteiger partial charge is 0.365 e. The molecule has 3 N–H and O–H groups in total. The monoisotopic (exact) mass is 499 g/mol. The summed E-state index contributed by atoms with van der Waals surface area (Å²) in [5.74, 6) is -0.810. The lowest BCUT2D eigenvalue weighted by molar-refractivity contribution is -0.115. The van der Waals surface area contributed by atoms with Crippen molar-refractivity contribution in [1.29, 1.82) is 0 Å². The van der Waals surface area contributed by atoms with Crippen LogP contribution in [-0.2, 0) is 34.0 Å². The van der Waals surface area contributed by atoms with Gasteiger partial charge in [0, 0.05) is 24.0 Å². The molecule has 1 aliphatic heterocycles. The highest BCUT2D eigenvalue weighted by atomic mass is 35.5. The highest BCUT2D eigenvalue weighted by molar-refractivity contribution is 7.92. The fourth-order valence-corrected chi connectivity index (χ4v) is 5.99. The number of halogens is 1. The van der Waals surface area contributed by atoms with E-state index in [1.165, 1.54) is 23.5 Å². The topological polar surface area (TPSA) is 110 Å². The SMILES string of the molecule is CC(C)N1CCc2c(sc(NC(=O)Cc3ccc(S(=O)(=O)C(C)C)cc3)c2C(N)=O)C1.Cl. The van der Waals surface area contributed by atoms with Gasteiger partial charge in [-0.2, -0.15) is 0 Å². The van der Waals surface area contributed by atoms with Crippen LogP contribution in [0.25, 0.3) is 0 Å². The molecule has 3 rings (SSSR count). The third-order valence-corrected chi connectivity index (χ3v) is 8.86. The fraction of sp³-hybridized carbons (Fsp3) is 0.455. The first kappa shape index (κ1) is 26.3.